The van der Waals surface area contributed by atoms with Crippen LogP contribution in [0.1, 0.15) is 213 Å². The van der Waals surface area contributed by atoms with Crippen LogP contribution in [0.3, 0.4) is 0 Å². The molecule has 0 rings (SSSR count). The van der Waals surface area contributed by atoms with Gasteiger partial charge in [0.25, 0.3) is 0 Å². The predicted molar refractivity (Wildman–Crippen MR) is 202 cm³/mol. The molecule has 8 nitrogen and oxygen atoms in total. The van der Waals surface area contributed by atoms with E-state index in [1.165, 1.54) is 128 Å². The van der Waals surface area contributed by atoms with E-state index in [1.54, 1.807) is 0 Å². The van der Waals surface area contributed by atoms with Gasteiger partial charge in [-0.3, -0.25) is 14.1 Å². The van der Waals surface area contributed by atoms with Crippen LogP contribution in [0.5, 0.6) is 0 Å². The first-order chi connectivity index (χ1) is 23.8. The second kappa shape index (κ2) is 36.6. The molecule has 0 saturated heterocycles. The molecule has 1 atom stereocenters. The monoisotopic (exact) mass is 717 g/mol. The zero-order chi connectivity index (χ0) is 36.1. The van der Waals surface area contributed by atoms with Gasteiger partial charge in [0.1, 0.15) is 6.61 Å². The van der Waals surface area contributed by atoms with E-state index in [2.05, 4.69) is 30.5 Å². The van der Waals surface area contributed by atoms with E-state index in [4.69, 9.17) is 19.3 Å². The lowest BCUT2D eigenvalue weighted by Crippen LogP contribution is -2.29. The molecule has 0 aliphatic rings. The maximum Gasteiger partial charge on any atom is 0.469 e. The summed E-state index contributed by atoms with van der Waals surface area (Å²) < 4.78 is 26.3. The molecule has 0 fully saturated rings. The van der Waals surface area contributed by atoms with Crippen molar-refractivity contribution < 1.29 is 37.9 Å². The summed E-state index contributed by atoms with van der Waals surface area (Å²) in [4.78, 5) is 42.8. The Morgan fingerprint density at radius 2 is 0.857 bits per heavy atom. The van der Waals surface area contributed by atoms with Crippen molar-refractivity contribution in [2.45, 2.75) is 219 Å². The molecule has 0 amide bonds. The molecule has 0 aromatic rings. The average Bonchev–Trinajstić information content (AvgIpc) is 3.07. The van der Waals surface area contributed by atoms with Crippen LogP contribution in [0.2, 0.25) is 0 Å². The van der Waals surface area contributed by atoms with E-state index in [1.807, 2.05) is 0 Å². The minimum atomic E-state index is -4.75. The highest BCUT2D eigenvalue weighted by atomic mass is 31.2. The molecule has 0 unspecified atom stereocenters. The summed E-state index contributed by atoms with van der Waals surface area (Å²) in [7, 11) is -4.75. The highest BCUT2D eigenvalue weighted by molar-refractivity contribution is 7.46. The van der Waals surface area contributed by atoms with Gasteiger partial charge in [-0.05, 0) is 38.5 Å². The number of rotatable bonds is 38. The van der Waals surface area contributed by atoms with Gasteiger partial charge in [0.2, 0.25) is 0 Å². The number of carbonyl (C=O) groups excluding carboxylic acids is 2. The van der Waals surface area contributed by atoms with Crippen LogP contribution in [0.15, 0.2) is 12.2 Å². The number of esters is 2. The number of carbonyl (C=O) groups is 2. The molecule has 290 valence electrons. The van der Waals surface area contributed by atoms with Gasteiger partial charge in [-0.1, -0.05) is 174 Å². The van der Waals surface area contributed by atoms with Crippen molar-refractivity contribution in [3.63, 3.8) is 0 Å². The molecule has 0 aromatic heterocycles. The Labute approximate surface area is 301 Å². The summed E-state index contributed by atoms with van der Waals surface area (Å²) in [6, 6.07) is 0. The Balaban J connectivity index is 3.89. The van der Waals surface area contributed by atoms with Crippen LogP contribution in [0.4, 0.5) is 0 Å². The van der Waals surface area contributed by atoms with Crippen molar-refractivity contribution in [3.05, 3.63) is 12.2 Å². The molecular formula is C40H77O8P. The fraction of sp³-hybridized carbons (Fsp3) is 0.900. The van der Waals surface area contributed by atoms with Crippen molar-refractivity contribution in [1.29, 1.82) is 0 Å². The molecule has 2 N–H and O–H groups in total. The molecule has 0 aliphatic heterocycles. The fourth-order valence-corrected chi connectivity index (χ4v) is 6.32. The molecule has 0 bridgehead atoms. The highest BCUT2D eigenvalue weighted by Gasteiger charge is 2.22. The van der Waals surface area contributed by atoms with Crippen LogP contribution >= 0.6 is 7.82 Å². The molecule has 0 spiro atoms. The second-order valence-corrected chi connectivity index (χ2v) is 15.2. The quantitative estimate of drug-likeness (QED) is 0.0280. The third kappa shape index (κ3) is 39.4. The van der Waals surface area contributed by atoms with Crippen LogP contribution in [-0.2, 0) is 28.2 Å². The van der Waals surface area contributed by atoms with Crippen molar-refractivity contribution in [1.82, 2.24) is 0 Å². The van der Waals surface area contributed by atoms with E-state index in [9.17, 15) is 14.2 Å². The number of phosphoric acid groups is 1. The van der Waals surface area contributed by atoms with E-state index in [-0.39, 0.29) is 19.4 Å². The van der Waals surface area contributed by atoms with Crippen molar-refractivity contribution in [2.75, 3.05) is 13.2 Å². The Morgan fingerprint density at radius 1 is 0.510 bits per heavy atom. The zero-order valence-electron chi connectivity index (χ0n) is 31.9. The summed E-state index contributed by atoms with van der Waals surface area (Å²) in [5.74, 6) is -0.884. The smallest absolute Gasteiger partial charge is 0.462 e. The number of hydrogen-bond acceptors (Lipinski definition) is 6. The minimum absolute atomic E-state index is 0.206. The first-order valence-corrected chi connectivity index (χ1v) is 22.0. The fourth-order valence-electron chi connectivity index (χ4n) is 5.96. The van der Waals surface area contributed by atoms with Gasteiger partial charge < -0.3 is 19.3 Å². The summed E-state index contributed by atoms with van der Waals surface area (Å²) in [6.07, 6.45) is 39.3. The summed E-state index contributed by atoms with van der Waals surface area (Å²) >= 11 is 0. The lowest BCUT2D eigenvalue weighted by Gasteiger charge is -2.18. The summed E-state index contributed by atoms with van der Waals surface area (Å²) in [6.45, 7) is 3.69. The molecule has 0 aliphatic carbocycles. The largest absolute Gasteiger partial charge is 0.469 e. The normalized spacial score (nSPS) is 12.5. The lowest BCUT2D eigenvalue weighted by molar-refractivity contribution is -0.161. The molecular weight excluding hydrogens is 639 g/mol. The number of phosphoric ester groups is 1. The molecule has 0 heterocycles. The van der Waals surface area contributed by atoms with Gasteiger partial charge in [-0.15, -0.1) is 0 Å². The van der Waals surface area contributed by atoms with Gasteiger partial charge >= 0.3 is 19.8 Å². The minimum Gasteiger partial charge on any atom is -0.462 e. The Bertz CT molecular complexity index is 812. The van der Waals surface area contributed by atoms with Gasteiger partial charge in [0.05, 0.1) is 6.61 Å². The Morgan fingerprint density at radius 3 is 1.24 bits per heavy atom. The third-order valence-electron chi connectivity index (χ3n) is 9.03. The van der Waals surface area contributed by atoms with Gasteiger partial charge in [0.15, 0.2) is 6.10 Å². The van der Waals surface area contributed by atoms with Crippen molar-refractivity contribution >= 4 is 19.8 Å². The maximum absolute atomic E-state index is 12.4. The Hall–Kier alpha value is -1.21. The lowest BCUT2D eigenvalue weighted by atomic mass is 10.0. The second-order valence-electron chi connectivity index (χ2n) is 14.0. The molecule has 0 saturated carbocycles. The topological polar surface area (TPSA) is 119 Å². The summed E-state index contributed by atoms with van der Waals surface area (Å²) in [5, 5.41) is 0. The number of hydrogen-bond donors (Lipinski definition) is 2. The van der Waals surface area contributed by atoms with E-state index in [0.717, 1.165) is 51.4 Å². The predicted octanol–water partition coefficient (Wildman–Crippen LogP) is 12.2. The van der Waals surface area contributed by atoms with Crippen LogP contribution in [0, 0.1) is 0 Å². The standard InChI is InChI=1S/C40H77O8P/c1-3-5-7-9-11-13-15-17-19-20-21-23-24-26-28-30-32-34-39(41)46-36-38(37-47-49(43,44)45)48-40(42)35-33-31-29-27-25-22-18-16-14-12-10-8-6-4-2/h16,18,38H,3-15,17,19-37H2,1-2H3,(H2,43,44,45)/b18-16-/t38-/m1/s1. The van der Waals surface area contributed by atoms with E-state index < -0.39 is 32.5 Å². The van der Waals surface area contributed by atoms with E-state index >= 15 is 0 Å². The first kappa shape index (κ1) is 47.8. The Kier molecular flexibility index (Phi) is 35.7. The highest BCUT2D eigenvalue weighted by Crippen LogP contribution is 2.36. The molecule has 0 aromatic carbocycles. The number of ether oxygens (including phenoxy) is 2. The summed E-state index contributed by atoms with van der Waals surface area (Å²) in [5.41, 5.74) is 0. The van der Waals surface area contributed by atoms with E-state index in [0.29, 0.717) is 6.42 Å². The van der Waals surface area contributed by atoms with Crippen LogP contribution in [0.25, 0.3) is 0 Å². The molecule has 0 radical (unpaired) electrons. The van der Waals surface area contributed by atoms with Crippen molar-refractivity contribution in [3.8, 4) is 0 Å². The SMILES string of the molecule is CCCCCCC/C=C\CCCCCCCC(=O)O[C@H](COC(=O)CCCCCCCCCCCCCCCCCCC)COP(=O)(O)O. The zero-order valence-corrected chi connectivity index (χ0v) is 32.8. The molecule has 9 heteroatoms. The van der Waals surface area contributed by atoms with Gasteiger partial charge in [-0.25, -0.2) is 4.57 Å². The van der Waals surface area contributed by atoms with Crippen LogP contribution < -0.4 is 0 Å². The maximum atomic E-state index is 12.4. The number of allylic oxidation sites excluding steroid dienone is 2. The molecule has 49 heavy (non-hydrogen) atoms. The third-order valence-corrected chi connectivity index (χ3v) is 9.52. The van der Waals surface area contributed by atoms with Gasteiger partial charge in [0, 0.05) is 12.8 Å². The van der Waals surface area contributed by atoms with Crippen molar-refractivity contribution in [2.24, 2.45) is 0 Å². The van der Waals surface area contributed by atoms with Gasteiger partial charge in [-0.2, -0.15) is 0 Å². The number of unbranched alkanes of at least 4 members (excludes halogenated alkanes) is 26. The first-order valence-electron chi connectivity index (χ1n) is 20.5. The van der Waals surface area contributed by atoms with Crippen LogP contribution in [-0.4, -0.2) is 41.0 Å². The average molecular weight is 717 g/mol.